The van der Waals surface area contributed by atoms with Gasteiger partial charge in [0.25, 0.3) is 0 Å². The Morgan fingerprint density at radius 1 is 1.25 bits per heavy atom. The Morgan fingerprint density at radius 2 is 1.88 bits per heavy atom. The molecule has 1 aliphatic heterocycles. The van der Waals surface area contributed by atoms with Gasteiger partial charge in [-0.05, 0) is 30.9 Å². The van der Waals surface area contributed by atoms with Crippen molar-refractivity contribution < 1.29 is 9.84 Å². The second-order valence-corrected chi connectivity index (χ2v) is 6.23. The molecule has 0 saturated carbocycles. The molecule has 1 aromatic carbocycles. The lowest BCUT2D eigenvalue weighted by atomic mass is 9.81. The third-order valence-corrected chi connectivity index (χ3v) is 3.03. The van der Waals surface area contributed by atoms with Gasteiger partial charge in [0.2, 0.25) is 0 Å². The van der Waals surface area contributed by atoms with E-state index in [9.17, 15) is 5.11 Å². The van der Waals surface area contributed by atoms with E-state index in [0.717, 1.165) is 12.0 Å². The molecule has 1 aliphatic rings. The predicted octanol–water partition coefficient (Wildman–Crippen LogP) is 3.40. The number of hydrogen-bond donors (Lipinski definition) is 1. The number of phenolic OH excluding ortho intramolecular Hbond substituents is 1. The first-order chi connectivity index (χ1) is 7.21. The van der Waals surface area contributed by atoms with Gasteiger partial charge in [-0.2, -0.15) is 0 Å². The molecule has 2 nitrogen and oxygen atoms in total. The highest BCUT2D eigenvalue weighted by atomic mass is 16.5. The fraction of sp³-hybridized carbons (Fsp3) is 0.571. The van der Waals surface area contributed by atoms with Crippen molar-refractivity contribution in [3.63, 3.8) is 0 Å². The zero-order chi connectivity index (χ0) is 12.1. The van der Waals surface area contributed by atoms with Crippen LogP contribution in [0.15, 0.2) is 12.1 Å². The van der Waals surface area contributed by atoms with Gasteiger partial charge in [0.05, 0.1) is 0 Å². The van der Waals surface area contributed by atoms with E-state index in [1.54, 1.807) is 6.07 Å². The van der Waals surface area contributed by atoms with Crippen molar-refractivity contribution >= 4 is 0 Å². The van der Waals surface area contributed by atoms with Crippen molar-refractivity contribution in [3.05, 3.63) is 23.3 Å². The first-order valence-corrected chi connectivity index (χ1v) is 5.75. The lowest BCUT2D eigenvalue weighted by Gasteiger charge is -2.22. The molecular weight excluding hydrogens is 200 g/mol. The fourth-order valence-electron chi connectivity index (χ4n) is 2.35. The largest absolute Gasteiger partial charge is 0.504 e. The normalized spacial score (nSPS) is 18.1. The summed E-state index contributed by atoms with van der Waals surface area (Å²) in [4.78, 5) is 0. The molecule has 1 aromatic rings. The highest BCUT2D eigenvalue weighted by molar-refractivity contribution is 5.55. The molecule has 0 aromatic heterocycles. The van der Waals surface area contributed by atoms with E-state index in [-0.39, 0.29) is 16.8 Å². The van der Waals surface area contributed by atoms with E-state index in [0.29, 0.717) is 5.75 Å². The van der Waals surface area contributed by atoms with Crippen molar-refractivity contribution in [2.45, 2.75) is 52.1 Å². The number of fused-ring (bicyclic) bond motifs is 1. The number of phenols is 1. The summed E-state index contributed by atoms with van der Waals surface area (Å²) in [6, 6.07) is 3.75. The smallest absolute Gasteiger partial charge is 0.165 e. The fourth-order valence-corrected chi connectivity index (χ4v) is 2.35. The summed E-state index contributed by atoms with van der Waals surface area (Å²) in [5.74, 6) is 0.936. The van der Waals surface area contributed by atoms with E-state index in [2.05, 4.69) is 34.6 Å². The van der Waals surface area contributed by atoms with Crippen LogP contribution in [0, 0.1) is 0 Å². The van der Waals surface area contributed by atoms with Crippen LogP contribution < -0.4 is 4.74 Å². The van der Waals surface area contributed by atoms with Crippen molar-refractivity contribution in [1.29, 1.82) is 0 Å². The minimum atomic E-state index is -0.207. The van der Waals surface area contributed by atoms with Crippen LogP contribution in [0.1, 0.15) is 45.7 Å². The van der Waals surface area contributed by atoms with Gasteiger partial charge in [-0.15, -0.1) is 0 Å². The van der Waals surface area contributed by atoms with Crippen LogP contribution in [-0.2, 0) is 11.8 Å². The number of rotatable bonds is 0. The Hall–Kier alpha value is -1.18. The van der Waals surface area contributed by atoms with Gasteiger partial charge in [0.15, 0.2) is 11.5 Å². The van der Waals surface area contributed by atoms with E-state index in [4.69, 9.17) is 4.74 Å². The zero-order valence-corrected chi connectivity index (χ0v) is 10.7. The molecule has 16 heavy (non-hydrogen) atoms. The number of benzene rings is 1. The van der Waals surface area contributed by atoms with Crippen LogP contribution in [0.2, 0.25) is 0 Å². The summed E-state index contributed by atoms with van der Waals surface area (Å²) in [7, 11) is 0. The molecule has 0 radical (unpaired) electrons. The van der Waals surface area contributed by atoms with Gasteiger partial charge < -0.3 is 9.84 Å². The lowest BCUT2D eigenvalue weighted by Crippen LogP contribution is -2.25. The maximum absolute atomic E-state index is 9.83. The van der Waals surface area contributed by atoms with Gasteiger partial charge in [0.1, 0.15) is 5.60 Å². The molecule has 0 unspecified atom stereocenters. The standard InChI is InChI=1S/C14H20O2/c1-13(2,3)10-6-7-11(15)12-9(10)8-14(4,5)16-12/h6-7,15H,8H2,1-5H3. The molecule has 0 bridgehead atoms. The summed E-state index contributed by atoms with van der Waals surface area (Å²) in [6.45, 7) is 10.7. The third kappa shape index (κ3) is 1.77. The minimum absolute atomic E-state index is 0.0849. The summed E-state index contributed by atoms with van der Waals surface area (Å²) < 4.78 is 5.81. The Labute approximate surface area is 97.3 Å². The molecule has 0 atom stereocenters. The van der Waals surface area contributed by atoms with E-state index in [1.807, 2.05) is 6.07 Å². The average molecular weight is 220 g/mol. The molecule has 0 saturated heterocycles. The molecule has 88 valence electrons. The average Bonchev–Trinajstić information content (AvgIpc) is 2.39. The van der Waals surface area contributed by atoms with Crippen LogP contribution >= 0.6 is 0 Å². The van der Waals surface area contributed by atoms with E-state index in [1.165, 1.54) is 5.56 Å². The van der Waals surface area contributed by atoms with Crippen molar-refractivity contribution in [1.82, 2.24) is 0 Å². The third-order valence-electron chi connectivity index (χ3n) is 3.03. The van der Waals surface area contributed by atoms with Gasteiger partial charge in [-0.3, -0.25) is 0 Å². The molecule has 0 fully saturated rings. The monoisotopic (exact) mass is 220 g/mol. The highest BCUT2D eigenvalue weighted by Crippen LogP contribution is 2.45. The minimum Gasteiger partial charge on any atom is -0.504 e. The number of hydrogen-bond acceptors (Lipinski definition) is 2. The highest BCUT2D eigenvalue weighted by Gasteiger charge is 2.36. The zero-order valence-electron chi connectivity index (χ0n) is 10.7. The molecule has 0 amide bonds. The summed E-state index contributed by atoms with van der Waals surface area (Å²) in [5, 5.41) is 9.83. The van der Waals surface area contributed by atoms with Gasteiger partial charge >= 0.3 is 0 Å². The molecule has 1 heterocycles. The molecule has 2 heteroatoms. The second kappa shape index (κ2) is 3.16. The van der Waals surface area contributed by atoms with E-state index >= 15 is 0 Å². The Kier molecular flexibility index (Phi) is 2.23. The van der Waals surface area contributed by atoms with Crippen molar-refractivity contribution in [2.75, 3.05) is 0 Å². The van der Waals surface area contributed by atoms with Gasteiger partial charge in [-0.25, -0.2) is 0 Å². The maximum Gasteiger partial charge on any atom is 0.165 e. The van der Waals surface area contributed by atoms with Gasteiger partial charge in [0, 0.05) is 12.0 Å². The summed E-state index contributed by atoms with van der Waals surface area (Å²) in [6.07, 6.45) is 0.864. The molecule has 0 aliphatic carbocycles. The Balaban J connectivity index is 2.59. The quantitative estimate of drug-likeness (QED) is 0.726. The van der Waals surface area contributed by atoms with Crippen LogP contribution in [0.25, 0.3) is 0 Å². The maximum atomic E-state index is 9.83. The first kappa shape index (κ1) is 11.3. The van der Waals surface area contributed by atoms with Crippen LogP contribution in [0.5, 0.6) is 11.5 Å². The van der Waals surface area contributed by atoms with E-state index < -0.39 is 0 Å². The second-order valence-electron chi connectivity index (χ2n) is 6.23. The summed E-state index contributed by atoms with van der Waals surface area (Å²) >= 11 is 0. The predicted molar refractivity (Wildman–Crippen MR) is 65.2 cm³/mol. The molecular formula is C14H20O2. The number of ether oxygens (including phenoxy) is 1. The molecule has 2 rings (SSSR count). The van der Waals surface area contributed by atoms with Crippen molar-refractivity contribution in [3.8, 4) is 11.5 Å². The van der Waals surface area contributed by atoms with Crippen molar-refractivity contribution in [2.24, 2.45) is 0 Å². The Bertz CT molecular complexity index is 425. The van der Waals surface area contributed by atoms with Crippen LogP contribution in [0.4, 0.5) is 0 Å². The molecule has 1 N–H and O–H groups in total. The summed E-state index contributed by atoms with van der Waals surface area (Å²) in [5.41, 5.74) is 2.31. The van der Waals surface area contributed by atoms with Crippen LogP contribution in [-0.4, -0.2) is 10.7 Å². The Morgan fingerprint density at radius 3 is 2.44 bits per heavy atom. The topological polar surface area (TPSA) is 29.5 Å². The number of aromatic hydroxyl groups is 1. The lowest BCUT2D eigenvalue weighted by molar-refractivity contribution is 0.134. The SMILES string of the molecule is CC1(C)Cc2c(C(C)(C)C)ccc(O)c2O1. The first-order valence-electron chi connectivity index (χ1n) is 5.75. The molecule has 0 spiro atoms. The van der Waals surface area contributed by atoms with Gasteiger partial charge in [-0.1, -0.05) is 26.8 Å². The van der Waals surface area contributed by atoms with Crippen LogP contribution in [0.3, 0.4) is 0 Å².